The maximum Gasteiger partial charge on any atom is 0.224 e. The monoisotopic (exact) mass is 276 g/mol. The van der Waals surface area contributed by atoms with Crippen LogP contribution in [0.1, 0.15) is 63.0 Å². The standard InChI is InChI=1S/C17H28N2O/c1-4-5-6-7-8-9-10-17(20)19-16-12-15(18)13(2)11-14(16)3/h11-12H,4-10,18H2,1-3H3,(H,19,20). The third kappa shape index (κ3) is 5.64. The van der Waals surface area contributed by atoms with Crippen LogP contribution in [0.2, 0.25) is 0 Å². The van der Waals surface area contributed by atoms with Crippen LogP contribution in [-0.2, 0) is 4.79 Å². The normalized spacial score (nSPS) is 10.6. The van der Waals surface area contributed by atoms with E-state index in [9.17, 15) is 4.79 Å². The molecule has 0 bridgehead atoms. The van der Waals surface area contributed by atoms with Crippen molar-refractivity contribution in [2.24, 2.45) is 0 Å². The van der Waals surface area contributed by atoms with E-state index in [4.69, 9.17) is 5.73 Å². The van der Waals surface area contributed by atoms with Crippen molar-refractivity contribution in [1.82, 2.24) is 0 Å². The molecule has 0 saturated carbocycles. The number of hydrogen-bond donors (Lipinski definition) is 2. The predicted molar refractivity (Wildman–Crippen MR) is 87.0 cm³/mol. The van der Waals surface area contributed by atoms with Crippen molar-refractivity contribution in [3.05, 3.63) is 23.3 Å². The van der Waals surface area contributed by atoms with Gasteiger partial charge in [-0.05, 0) is 37.5 Å². The summed E-state index contributed by atoms with van der Waals surface area (Å²) in [4.78, 5) is 11.9. The molecule has 0 spiro atoms. The molecule has 0 heterocycles. The molecule has 0 unspecified atom stereocenters. The minimum absolute atomic E-state index is 0.0897. The molecule has 1 amide bonds. The highest BCUT2D eigenvalue weighted by atomic mass is 16.1. The van der Waals surface area contributed by atoms with E-state index in [1.54, 1.807) is 0 Å². The molecule has 1 aromatic rings. The molecule has 0 aliphatic heterocycles. The Hall–Kier alpha value is -1.51. The van der Waals surface area contributed by atoms with Gasteiger partial charge in [-0.1, -0.05) is 45.1 Å². The summed E-state index contributed by atoms with van der Waals surface area (Å²) < 4.78 is 0. The van der Waals surface area contributed by atoms with E-state index in [0.717, 1.165) is 35.3 Å². The lowest BCUT2D eigenvalue weighted by Gasteiger charge is -2.11. The number of anilines is 2. The lowest BCUT2D eigenvalue weighted by molar-refractivity contribution is -0.116. The zero-order valence-corrected chi connectivity index (χ0v) is 13.1. The van der Waals surface area contributed by atoms with Crippen LogP contribution in [-0.4, -0.2) is 5.91 Å². The number of carbonyl (C=O) groups is 1. The highest BCUT2D eigenvalue weighted by Gasteiger charge is 2.06. The van der Waals surface area contributed by atoms with E-state index in [1.165, 1.54) is 25.7 Å². The largest absolute Gasteiger partial charge is 0.398 e. The lowest BCUT2D eigenvalue weighted by Crippen LogP contribution is -2.12. The SMILES string of the molecule is CCCCCCCCC(=O)Nc1cc(N)c(C)cc1C. The number of hydrogen-bond acceptors (Lipinski definition) is 2. The molecule has 0 aliphatic rings. The molecular weight excluding hydrogens is 248 g/mol. The smallest absolute Gasteiger partial charge is 0.224 e. The van der Waals surface area contributed by atoms with E-state index >= 15 is 0 Å². The fourth-order valence-corrected chi connectivity index (χ4v) is 2.28. The highest BCUT2D eigenvalue weighted by Crippen LogP contribution is 2.22. The summed E-state index contributed by atoms with van der Waals surface area (Å²) in [6, 6.07) is 3.86. The number of rotatable bonds is 8. The van der Waals surface area contributed by atoms with E-state index in [2.05, 4.69) is 12.2 Å². The Bertz CT molecular complexity index is 441. The molecule has 3 N–H and O–H groups in total. The first-order valence-electron chi connectivity index (χ1n) is 7.71. The Morgan fingerprint density at radius 3 is 2.40 bits per heavy atom. The number of benzene rings is 1. The van der Waals surface area contributed by atoms with Gasteiger partial charge in [-0.3, -0.25) is 4.79 Å². The highest BCUT2D eigenvalue weighted by molar-refractivity contribution is 5.92. The van der Waals surface area contributed by atoms with Crippen LogP contribution in [0.3, 0.4) is 0 Å². The number of aryl methyl sites for hydroxylation is 2. The molecule has 1 aromatic carbocycles. The summed E-state index contributed by atoms with van der Waals surface area (Å²) in [5, 5.41) is 2.96. The molecule has 0 atom stereocenters. The van der Waals surface area contributed by atoms with Gasteiger partial charge in [-0.25, -0.2) is 0 Å². The summed E-state index contributed by atoms with van der Waals surface area (Å²) >= 11 is 0. The Labute approximate surface area is 122 Å². The Kier molecular flexibility index (Phi) is 7.13. The van der Waals surface area contributed by atoms with Gasteiger partial charge >= 0.3 is 0 Å². The topological polar surface area (TPSA) is 55.1 Å². The predicted octanol–water partition coefficient (Wildman–Crippen LogP) is 4.57. The van der Waals surface area contributed by atoms with Crippen molar-refractivity contribution in [1.29, 1.82) is 0 Å². The lowest BCUT2D eigenvalue weighted by atomic mass is 10.1. The van der Waals surface area contributed by atoms with Crippen LogP contribution in [0.25, 0.3) is 0 Å². The maximum atomic E-state index is 11.9. The van der Waals surface area contributed by atoms with Crippen LogP contribution in [0.15, 0.2) is 12.1 Å². The molecule has 1 rings (SSSR count). The second kappa shape index (κ2) is 8.62. The third-order valence-corrected chi connectivity index (χ3v) is 3.64. The first-order valence-corrected chi connectivity index (χ1v) is 7.71. The van der Waals surface area contributed by atoms with Crippen LogP contribution in [0, 0.1) is 13.8 Å². The van der Waals surface area contributed by atoms with Crippen molar-refractivity contribution in [3.63, 3.8) is 0 Å². The molecule has 3 heteroatoms. The summed E-state index contributed by atoms with van der Waals surface area (Å²) in [6.07, 6.45) is 7.78. The molecule has 0 aromatic heterocycles. The van der Waals surface area contributed by atoms with Crippen molar-refractivity contribution >= 4 is 17.3 Å². The zero-order valence-electron chi connectivity index (χ0n) is 13.1. The van der Waals surface area contributed by atoms with Gasteiger partial charge in [0.05, 0.1) is 0 Å². The molecule has 3 nitrogen and oxygen atoms in total. The van der Waals surface area contributed by atoms with Gasteiger partial charge in [0, 0.05) is 17.8 Å². The van der Waals surface area contributed by atoms with Gasteiger partial charge in [0.15, 0.2) is 0 Å². The summed E-state index contributed by atoms with van der Waals surface area (Å²) in [5.41, 5.74) is 9.56. The summed E-state index contributed by atoms with van der Waals surface area (Å²) in [6.45, 7) is 6.18. The molecule has 0 aliphatic carbocycles. The molecular formula is C17H28N2O. The van der Waals surface area contributed by atoms with Crippen molar-refractivity contribution in [3.8, 4) is 0 Å². The van der Waals surface area contributed by atoms with E-state index in [1.807, 2.05) is 26.0 Å². The Balaban J connectivity index is 2.34. The van der Waals surface area contributed by atoms with E-state index in [-0.39, 0.29) is 5.91 Å². The summed E-state index contributed by atoms with van der Waals surface area (Å²) in [5.74, 6) is 0.0897. The van der Waals surface area contributed by atoms with Gasteiger partial charge in [0.1, 0.15) is 0 Å². The third-order valence-electron chi connectivity index (χ3n) is 3.64. The number of amides is 1. The molecule has 0 radical (unpaired) electrons. The van der Waals surface area contributed by atoms with Gasteiger partial charge < -0.3 is 11.1 Å². The second-order valence-electron chi connectivity index (χ2n) is 5.59. The summed E-state index contributed by atoms with van der Waals surface area (Å²) in [7, 11) is 0. The number of nitrogens with one attached hydrogen (secondary N) is 1. The quantitative estimate of drug-likeness (QED) is 0.539. The number of nitrogens with two attached hydrogens (primary N) is 1. The molecule has 20 heavy (non-hydrogen) atoms. The van der Waals surface area contributed by atoms with Crippen molar-refractivity contribution in [2.45, 2.75) is 65.7 Å². The fraction of sp³-hybridized carbons (Fsp3) is 0.588. The minimum Gasteiger partial charge on any atom is -0.398 e. The molecule has 0 saturated heterocycles. The second-order valence-corrected chi connectivity index (χ2v) is 5.59. The van der Waals surface area contributed by atoms with Gasteiger partial charge in [0.25, 0.3) is 0 Å². The number of unbranched alkanes of at least 4 members (excludes halogenated alkanes) is 5. The average Bonchev–Trinajstić information content (AvgIpc) is 2.40. The number of carbonyl (C=O) groups excluding carboxylic acids is 1. The molecule has 0 fully saturated rings. The first-order chi connectivity index (χ1) is 9.54. The van der Waals surface area contributed by atoms with Crippen LogP contribution in [0.5, 0.6) is 0 Å². The molecule has 112 valence electrons. The Morgan fingerprint density at radius 1 is 1.05 bits per heavy atom. The zero-order chi connectivity index (χ0) is 15.0. The average molecular weight is 276 g/mol. The minimum atomic E-state index is 0.0897. The van der Waals surface area contributed by atoms with Gasteiger partial charge in [-0.2, -0.15) is 0 Å². The fourth-order valence-electron chi connectivity index (χ4n) is 2.28. The van der Waals surface area contributed by atoms with Crippen molar-refractivity contribution in [2.75, 3.05) is 11.1 Å². The van der Waals surface area contributed by atoms with Gasteiger partial charge in [-0.15, -0.1) is 0 Å². The van der Waals surface area contributed by atoms with Crippen LogP contribution < -0.4 is 11.1 Å². The van der Waals surface area contributed by atoms with Gasteiger partial charge in [0.2, 0.25) is 5.91 Å². The van der Waals surface area contributed by atoms with E-state index < -0.39 is 0 Å². The van der Waals surface area contributed by atoms with Crippen molar-refractivity contribution < 1.29 is 4.79 Å². The van der Waals surface area contributed by atoms with Crippen LogP contribution in [0.4, 0.5) is 11.4 Å². The van der Waals surface area contributed by atoms with E-state index in [0.29, 0.717) is 6.42 Å². The first kappa shape index (κ1) is 16.5. The van der Waals surface area contributed by atoms with Crippen LogP contribution >= 0.6 is 0 Å². The Morgan fingerprint density at radius 2 is 1.70 bits per heavy atom. The maximum absolute atomic E-state index is 11.9. The number of nitrogen functional groups attached to an aromatic ring is 1.